The molecule has 0 spiro atoms. The van der Waals surface area contributed by atoms with E-state index in [1.165, 1.54) is 21.0 Å². The maximum Gasteiger partial charge on any atom is 0.425 e. The van der Waals surface area contributed by atoms with E-state index in [0.717, 1.165) is 0 Å². The highest BCUT2D eigenvalue weighted by molar-refractivity contribution is 7.59. The molecule has 146 valence electrons. The van der Waals surface area contributed by atoms with Gasteiger partial charge in [0, 0.05) is 12.8 Å². The SMILES string of the molecule is COC(C)C(=O)OC(CC(=O)Nc1ccccc1)C(C)=O.F.O=S(=O)=O. The average Bonchev–Trinajstić information content (AvgIpc) is 2.53. The zero-order valence-corrected chi connectivity index (χ0v) is 15.1. The maximum atomic E-state index is 11.9. The lowest BCUT2D eigenvalue weighted by atomic mass is 10.1. The summed E-state index contributed by atoms with van der Waals surface area (Å²) in [5, 5.41) is 2.63. The lowest BCUT2D eigenvalue weighted by molar-refractivity contribution is -0.164. The maximum absolute atomic E-state index is 11.9. The number of Topliss-reactive ketones (excluding diaryl/α,β-unsaturated/α-hetero) is 1. The number of amides is 1. The summed E-state index contributed by atoms with van der Waals surface area (Å²) in [6.07, 6.45) is -2.13. The Bertz CT molecular complexity index is 686. The largest absolute Gasteiger partial charge is 0.452 e. The molecule has 26 heavy (non-hydrogen) atoms. The van der Waals surface area contributed by atoms with Crippen molar-refractivity contribution in [3.8, 4) is 0 Å². The van der Waals surface area contributed by atoms with Crippen LogP contribution in [0.15, 0.2) is 30.3 Å². The predicted octanol–water partition coefficient (Wildman–Crippen LogP) is 0.699. The van der Waals surface area contributed by atoms with E-state index < -0.39 is 40.5 Å². The summed E-state index contributed by atoms with van der Waals surface area (Å²) in [5.41, 5.74) is 0.612. The molecule has 0 fully saturated rings. The molecule has 0 saturated carbocycles. The molecule has 0 aliphatic carbocycles. The Kier molecular flexibility index (Phi) is 13.4. The second-order valence-electron chi connectivity index (χ2n) is 4.74. The molecule has 11 heteroatoms. The van der Waals surface area contributed by atoms with Crippen molar-refractivity contribution in [3.63, 3.8) is 0 Å². The van der Waals surface area contributed by atoms with E-state index >= 15 is 0 Å². The van der Waals surface area contributed by atoms with Gasteiger partial charge in [0.15, 0.2) is 18.0 Å². The molecule has 0 bridgehead atoms. The monoisotopic (exact) mass is 393 g/mol. The highest BCUT2D eigenvalue weighted by atomic mass is 32.2. The van der Waals surface area contributed by atoms with Crippen LogP contribution in [0.3, 0.4) is 0 Å². The van der Waals surface area contributed by atoms with E-state index in [4.69, 9.17) is 22.1 Å². The van der Waals surface area contributed by atoms with Crippen molar-refractivity contribution in [2.45, 2.75) is 32.5 Å². The summed E-state index contributed by atoms with van der Waals surface area (Å²) in [7, 11) is -1.75. The highest BCUT2D eigenvalue weighted by Gasteiger charge is 2.25. The number of esters is 1. The summed E-state index contributed by atoms with van der Waals surface area (Å²) >= 11 is 0. The number of methoxy groups -OCH3 is 1. The van der Waals surface area contributed by atoms with Gasteiger partial charge >= 0.3 is 16.6 Å². The molecular weight excluding hydrogens is 373 g/mol. The molecule has 2 atom stereocenters. The molecule has 9 nitrogen and oxygen atoms in total. The van der Waals surface area contributed by atoms with Gasteiger partial charge < -0.3 is 14.8 Å². The van der Waals surface area contributed by atoms with Crippen LogP contribution >= 0.6 is 0 Å². The molecule has 0 heterocycles. The number of benzene rings is 1. The minimum atomic E-state index is -3.11. The first-order chi connectivity index (χ1) is 11.7. The number of anilines is 1. The van der Waals surface area contributed by atoms with Crippen molar-refractivity contribution in [3.05, 3.63) is 30.3 Å². The van der Waals surface area contributed by atoms with Gasteiger partial charge in [0.2, 0.25) is 5.91 Å². The second kappa shape index (κ2) is 13.6. The molecule has 0 aromatic heterocycles. The zero-order valence-electron chi connectivity index (χ0n) is 14.3. The molecule has 0 radical (unpaired) electrons. The molecule has 0 aliphatic heterocycles. The van der Waals surface area contributed by atoms with Crippen LogP contribution in [-0.2, 0) is 34.5 Å². The Morgan fingerprint density at radius 3 is 2.04 bits per heavy atom. The average molecular weight is 393 g/mol. The van der Waals surface area contributed by atoms with Crippen LogP contribution in [0.1, 0.15) is 20.3 Å². The van der Waals surface area contributed by atoms with Gasteiger partial charge in [-0.25, -0.2) is 4.79 Å². The van der Waals surface area contributed by atoms with Crippen LogP contribution < -0.4 is 5.32 Å². The van der Waals surface area contributed by atoms with Gasteiger partial charge in [0.25, 0.3) is 0 Å². The van der Waals surface area contributed by atoms with Crippen molar-refractivity contribution >= 4 is 34.0 Å². The van der Waals surface area contributed by atoms with Gasteiger partial charge in [-0.2, -0.15) is 0 Å². The first-order valence-electron chi connectivity index (χ1n) is 7.02. The molecule has 0 saturated heterocycles. The third-order valence-electron chi connectivity index (χ3n) is 2.83. The predicted molar refractivity (Wildman–Crippen MR) is 88.9 cm³/mol. The van der Waals surface area contributed by atoms with Crippen molar-refractivity contribution < 1.29 is 41.2 Å². The fourth-order valence-corrected chi connectivity index (χ4v) is 1.50. The quantitative estimate of drug-likeness (QED) is 0.669. The number of hydrogen-bond donors (Lipinski definition) is 1. The van der Waals surface area contributed by atoms with Crippen molar-refractivity contribution in [2.24, 2.45) is 0 Å². The fourth-order valence-electron chi connectivity index (χ4n) is 1.50. The normalized spacial score (nSPS) is 11.5. The first kappa shape index (κ1) is 25.6. The van der Waals surface area contributed by atoms with E-state index in [1.807, 2.05) is 6.07 Å². The molecule has 2 unspecified atom stereocenters. The molecule has 1 aromatic carbocycles. The van der Waals surface area contributed by atoms with Crippen LogP contribution in [0.4, 0.5) is 10.4 Å². The number of para-hydroxylation sites is 1. The van der Waals surface area contributed by atoms with Gasteiger partial charge in [0.1, 0.15) is 0 Å². The second-order valence-corrected chi connectivity index (χ2v) is 5.14. The number of hydrogen-bond acceptors (Lipinski definition) is 8. The van der Waals surface area contributed by atoms with E-state index in [1.54, 1.807) is 24.3 Å². The number of rotatable bonds is 7. The lowest BCUT2D eigenvalue weighted by Gasteiger charge is -2.17. The summed E-state index contributed by atoms with van der Waals surface area (Å²) in [6.45, 7) is 2.77. The Hall–Kier alpha value is -2.66. The Morgan fingerprint density at radius 1 is 1.12 bits per heavy atom. The van der Waals surface area contributed by atoms with Crippen molar-refractivity contribution in [1.29, 1.82) is 0 Å². The molecule has 1 amide bonds. The molecule has 1 N–H and O–H groups in total. The van der Waals surface area contributed by atoms with Crippen LogP contribution in [0.2, 0.25) is 0 Å². The van der Waals surface area contributed by atoms with Gasteiger partial charge in [0.05, 0.1) is 6.42 Å². The van der Waals surface area contributed by atoms with Crippen molar-refractivity contribution in [1.82, 2.24) is 0 Å². The topological polar surface area (TPSA) is 133 Å². The van der Waals surface area contributed by atoms with Crippen LogP contribution in [0.5, 0.6) is 0 Å². The summed E-state index contributed by atoms with van der Waals surface area (Å²) in [4.78, 5) is 34.9. The number of ether oxygens (including phenoxy) is 2. The van der Waals surface area contributed by atoms with E-state index in [-0.39, 0.29) is 11.1 Å². The van der Waals surface area contributed by atoms with Gasteiger partial charge in [-0.1, -0.05) is 18.2 Å². The minimum Gasteiger partial charge on any atom is -0.452 e. The Balaban J connectivity index is 0. The lowest BCUT2D eigenvalue weighted by Crippen LogP contribution is -2.34. The highest BCUT2D eigenvalue weighted by Crippen LogP contribution is 2.09. The van der Waals surface area contributed by atoms with Crippen LogP contribution in [0, 0.1) is 0 Å². The molecule has 1 aromatic rings. The zero-order chi connectivity index (χ0) is 19.4. The van der Waals surface area contributed by atoms with Crippen LogP contribution in [0.25, 0.3) is 0 Å². The number of nitrogens with one attached hydrogen (secondary N) is 1. The third-order valence-corrected chi connectivity index (χ3v) is 2.83. The molecule has 1 rings (SSSR count). The number of ketones is 1. The molecule has 0 aliphatic rings. The minimum absolute atomic E-state index is 0. The Morgan fingerprint density at radius 2 is 1.62 bits per heavy atom. The standard InChI is InChI=1S/C15H19NO5.FH.O3S/c1-10(17)13(21-15(19)11(2)20-3)9-14(18)16-12-7-5-4-6-8-12;;1-4(2)3/h4-8,11,13H,9H2,1-3H3,(H,16,18);1H;. The first-order valence-corrected chi connectivity index (χ1v) is 8.02. The smallest absolute Gasteiger partial charge is 0.425 e. The summed E-state index contributed by atoms with van der Waals surface area (Å²) < 4.78 is 35.1. The van der Waals surface area contributed by atoms with E-state index in [2.05, 4.69) is 5.32 Å². The van der Waals surface area contributed by atoms with Gasteiger partial charge in [-0.05, 0) is 26.0 Å². The molecular formula is C15H20FNO8S. The van der Waals surface area contributed by atoms with Crippen LogP contribution in [-0.4, -0.2) is 49.6 Å². The van der Waals surface area contributed by atoms with E-state index in [9.17, 15) is 14.4 Å². The number of carbonyl (C=O) groups is 3. The Labute approximate surface area is 151 Å². The summed E-state index contributed by atoms with van der Waals surface area (Å²) in [5.74, 6) is -1.47. The van der Waals surface area contributed by atoms with Crippen molar-refractivity contribution in [2.75, 3.05) is 12.4 Å². The number of carbonyl (C=O) groups excluding carboxylic acids is 3. The van der Waals surface area contributed by atoms with E-state index in [0.29, 0.717) is 5.69 Å². The summed E-state index contributed by atoms with van der Waals surface area (Å²) in [6, 6.07) is 8.82. The van der Waals surface area contributed by atoms with Gasteiger partial charge in [-0.15, -0.1) is 12.6 Å². The third kappa shape index (κ3) is 11.8. The fraction of sp³-hybridized carbons (Fsp3) is 0.400. The number of halogens is 1. The van der Waals surface area contributed by atoms with Gasteiger partial charge in [-0.3, -0.25) is 14.3 Å².